The Morgan fingerprint density at radius 2 is 1.56 bits per heavy atom. The van der Waals surface area contributed by atoms with Gasteiger partial charge in [0.2, 0.25) is 0 Å². The van der Waals surface area contributed by atoms with Crippen LogP contribution in [0.5, 0.6) is 0 Å². The molecule has 16 heavy (non-hydrogen) atoms. The van der Waals surface area contributed by atoms with Crippen LogP contribution in [0.4, 0.5) is 0 Å². The van der Waals surface area contributed by atoms with Gasteiger partial charge in [-0.15, -0.1) is 0 Å². The van der Waals surface area contributed by atoms with E-state index in [-0.39, 0.29) is 0 Å². The minimum atomic E-state index is -1.46. The number of piperidine rings is 1. The van der Waals surface area contributed by atoms with Crippen molar-refractivity contribution in [1.82, 2.24) is 4.90 Å². The summed E-state index contributed by atoms with van der Waals surface area (Å²) in [5.74, 6) is 0. The maximum Gasteiger partial charge on any atom is 0.335 e. The molecule has 4 heteroatoms. The molecule has 0 N–H and O–H groups in total. The van der Waals surface area contributed by atoms with Gasteiger partial charge >= 0.3 is 9.28 Å². The first kappa shape index (κ1) is 14.2. The summed E-state index contributed by atoms with van der Waals surface area (Å²) >= 11 is 0. The van der Waals surface area contributed by atoms with Gasteiger partial charge in [-0.3, -0.25) is 4.90 Å². The minimum absolute atomic E-state index is 0.694. The number of rotatable bonds is 6. The van der Waals surface area contributed by atoms with Crippen LogP contribution in [0.25, 0.3) is 0 Å². The van der Waals surface area contributed by atoms with Crippen molar-refractivity contribution in [2.24, 2.45) is 0 Å². The molecule has 0 aromatic carbocycles. The maximum absolute atomic E-state index is 5.76. The van der Waals surface area contributed by atoms with Crippen molar-refractivity contribution in [2.75, 3.05) is 19.4 Å². The van der Waals surface area contributed by atoms with Crippen molar-refractivity contribution in [3.8, 4) is 0 Å². The zero-order valence-corrected chi connectivity index (χ0v) is 12.4. The van der Waals surface area contributed by atoms with Crippen LogP contribution >= 0.6 is 0 Å². The molecular formula is C12H27NO2Si. The van der Waals surface area contributed by atoms with Gasteiger partial charge in [-0.1, -0.05) is 6.42 Å². The van der Waals surface area contributed by atoms with E-state index in [1.54, 1.807) is 0 Å². The summed E-state index contributed by atoms with van der Waals surface area (Å²) < 4.78 is 11.5. The second-order valence-corrected chi connectivity index (χ2v) is 6.56. The van der Waals surface area contributed by atoms with E-state index in [2.05, 4.69) is 32.6 Å². The van der Waals surface area contributed by atoms with Gasteiger partial charge in [-0.05, 0) is 40.5 Å². The van der Waals surface area contributed by atoms with Gasteiger partial charge < -0.3 is 8.85 Å². The van der Waals surface area contributed by atoms with Crippen LogP contribution in [0.3, 0.4) is 0 Å². The van der Waals surface area contributed by atoms with Crippen LogP contribution in [-0.4, -0.2) is 45.6 Å². The van der Waals surface area contributed by atoms with Crippen LogP contribution in [0.2, 0.25) is 0 Å². The van der Waals surface area contributed by atoms with E-state index in [9.17, 15) is 0 Å². The molecule has 1 rings (SSSR count). The Labute approximate surface area is 102 Å². The van der Waals surface area contributed by atoms with E-state index in [4.69, 9.17) is 8.85 Å². The predicted molar refractivity (Wildman–Crippen MR) is 69.9 cm³/mol. The Bertz CT molecular complexity index is 176. The summed E-state index contributed by atoms with van der Waals surface area (Å²) in [6.07, 6.45) is 5.06. The summed E-state index contributed by atoms with van der Waals surface area (Å²) in [5.41, 5.74) is 0. The highest BCUT2D eigenvalue weighted by Crippen LogP contribution is 2.22. The fourth-order valence-corrected chi connectivity index (χ4v) is 4.65. The third-order valence-corrected chi connectivity index (χ3v) is 5.57. The van der Waals surface area contributed by atoms with Crippen molar-refractivity contribution in [3.63, 3.8) is 0 Å². The molecule has 0 radical (unpaired) electrons. The van der Waals surface area contributed by atoms with Crippen LogP contribution in [-0.2, 0) is 8.85 Å². The molecule has 0 aromatic rings. The van der Waals surface area contributed by atoms with Gasteiger partial charge in [-0.25, -0.2) is 0 Å². The molecule has 1 aliphatic heterocycles. The molecule has 3 nitrogen and oxygen atoms in total. The molecule has 1 heterocycles. The topological polar surface area (TPSA) is 21.7 Å². The highest BCUT2D eigenvalue weighted by Gasteiger charge is 2.28. The van der Waals surface area contributed by atoms with Crippen molar-refractivity contribution >= 4 is 9.28 Å². The third-order valence-electron chi connectivity index (χ3n) is 3.44. The summed E-state index contributed by atoms with van der Waals surface area (Å²) in [5, 5.41) is 0. The molecule has 0 aliphatic carbocycles. The molecule has 96 valence electrons. The zero-order chi connectivity index (χ0) is 12.0. The van der Waals surface area contributed by atoms with E-state index in [0.29, 0.717) is 12.1 Å². The van der Waals surface area contributed by atoms with E-state index < -0.39 is 9.28 Å². The SMILES string of the molecule is CCO[SiH](CN1[C@@H](C)CCC[C@@H]1C)OCC. The lowest BCUT2D eigenvalue weighted by molar-refractivity contribution is 0.102. The van der Waals surface area contributed by atoms with Gasteiger partial charge in [-0.2, -0.15) is 0 Å². The van der Waals surface area contributed by atoms with Gasteiger partial charge in [0.25, 0.3) is 0 Å². The standard InChI is InChI=1S/C12H27NO2Si/c1-5-14-16(15-6-2)10-13-11(3)8-7-9-12(13)4/h11-12,16H,5-10H2,1-4H3/t11-,12-/m0/s1. The number of nitrogens with zero attached hydrogens (tertiary/aromatic N) is 1. The highest BCUT2D eigenvalue weighted by molar-refractivity contribution is 6.44. The maximum atomic E-state index is 5.76. The third kappa shape index (κ3) is 4.16. The zero-order valence-electron chi connectivity index (χ0n) is 11.2. The molecule has 0 bridgehead atoms. The van der Waals surface area contributed by atoms with Gasteiger partial charge in [0.1, 0.15) is 0 Å². The Kier molecular flexibility index (Phi) is 6.57. The summed E-state index contributed by atoms with van der Waals surface area (Å²) in [6, 6.07) is 1.39. The summed E-state index contributed by atoms with van der Waals surface area (Å²) in [6.45, 7) is 10.4. The van der Waals surface area contributed by atoms with Crippen LogP contribution in [0.15, 0.2) is 0 Å². The average Bonchev–Trinajstić information content (AvgIpc) is 2.24. The Morgan fingerprint density at radius 1 is 1.06 bits per heavy atom. The molecule has 0 spiro atoms. The van der Waals surface area contributed by atoms with Crippen molar-refractivity contribution < 1.29 is 8.85 Å². The first-order valence-electron chi connectivity index (χ1n) is 6.68. The molecule has 0 aromatic heterocycles. The van der Waals surface area contributed by atoms with E-state index in [0.717, 1.165) is 19.4 Å². The van der Waals surface area contributed by atoms with Gasteiger partial charge in [0.15, 0.2) is 0 Å². The lowest BCUT2D eigenvalue weighted by Gasteiger charge is -2.40. The molecule has 0 unspecified atom stereocenters. The van der Waals surface area contributed by atoms with Crippen LogP contribution in [0.1, 0.15) is 47.0 Å². The van der Waals surface area contributed by atoms with E-state index in [1.165, 1.54) is 19.3 Å². The quantitative estimate of drug-likeness (QED) is 0.669. The van der Waals surface area contributed by atoms with Crippen LogP contribution in [0, 0.1) is 0 Å². The number of hydrogen-bond donors (Lipinski definition) is 0. The largest absolute Gasteiger partial charge is 0.396 e. The lowest BCUT2D eigenvalue weighted by Crippen LogP contribution is -2.50. The average molecular weight is 245 g/mol. The predicted octanol–water partition coefficient (Wildman–Crippen LogP) is 2.08. The highest BCUT2D eigenvalue weighted by atomic mass is 28.3. The minimum Gasteiger partial charge on any atom is -0.396 e. The second kappa shape index (κ2) is 7.43. The monoisotopic (exact) mass is 245 g/mol. The van der Waals surface area contributed by atoms with Gasteiger partial charge in [0.05, 0.1) is 0 Å². The van der Waals surface area contributed by atoms with E-state index in [1.807, 2.05) is 0 Å². The van der Waals surface area contributed by atoms with Crippen molar-refractivity contribution in [1.29, 1.82) is 0 Å². The molecule has 1 saturated heterocycles. The number of likely N-dealkylation sites (tertiary alicyclic amines) is 1. The first-order valence-corrected chi connectivity index (χ1v) is 8.43. The van der Waals surface area contributed by atoms with Crippen molar-refractivity contribution in [3.05, 3.63) is 0 Å². The molecule has 2 atom stereocenters. The molecule has 0 amide bonds. The molecular weight excluding hydrogens is 218 g/mol. The Morgan fingerprint density at radius 3 is 2.00 bits per heavy atom. The Hall–Kier alpha value is 0.0969. The normalized spacial score (nSPS) is 27.6. The smallest absolute Gasteiger partial charge is 0.335 e. The second-order valence-electron chi connectivity index (χ2n) is 4.67. The molecule has 1 fully saturated rings. The summed E-state index contributed by atoms with van der Waals surface area (Å²) in [7, 11) is -1.46. The van der Waals surface area contributed by atoms with E-state index >= 15 is 0 Å². The number of hydrogen-bond acceptors (Lipinski definition) is 3. The first-order chi connectivity index (χ1) is 7.69. The molecule has 0 saturated carbocycles. The van der Waals surface area contributed by atoms with Crippen molar-refractivity contribution in [2.45, 2.75) is 59.0 Å². The Balaban J connectivity index is 2.46. The fourth-order valence-electron chi connectivity index (χ4n) is 2.53. The summed E-state index contributed by atoms with van der Waals surface area (Å²) in [4.78, 5) is 2.59. The molecule has 1 aliphatic rings. The fraction of sp³-hybridized carbons (Fsp3) is 1.00. The van der Waals surface area contributed by atoms with Crippen LogP contribution < -0.4 is 0 Å². The van der Waals surface area contributed by atoms with Gasteiger partial charge in [0, 0.05) is 31.5 Å². The lowest BCUT2D eigenvalue weighted by atomic mass is 9.99.